The van der Waals surface area contributed by atoms with Crippen molar-refractivity contribution in [1.82, 2.24) is 9.88 Å². The van der Waals surface area contributed by atoms with Gasteiger partial charge in [-0.3, -0.25) is 9.78 Å². The number of nitrogens with one attached hydrogen (secondary N) is 1. The van der Waals surface area contributed by atoms with E-state index in [-0.39, 0.29) is 30.7 Å². The van der Waals surface area contributed by atoms with Crippen molar-refractivity contribution in [3.8, 4) is 0 Å². The van der Waals surface area contributed by atoms with Crippen LogP contribution in [-0.4, -0.2) is 43.8 Å². The number of piperidine rings is 1. The molecule has 1 aliphatic heterocycles. The minimum atomic E-state index is -1.55. The molecule has 3 aromatic carbocycles. The second-order valence-corrected chi connectivity index (χ2v) is 10.4. The number of carbonyl (C=O) groups excluding carboxylic acids is 1. The molecule has 1 aliphatic rings. The first-order valence-corrected chi connectivity index (χ1v) is 13.0. The number of aromatic nitrogens is 1. The summed E-state index contributed by atoms with van der Waals surface area (Å²) in [5, 5.41) is 11.8. The minimum absolute atomic E-state index is 0.0116. The molecule has 37 heavy (non-hydrogen) atoms. The van der Waals surface area contributed by atoms with Crippen LogP contribution in [0.15, 0.2) is 83.9 Å². The standard InChI is InChI=1S/C28H25F2N3O3S/c29-23-7-1-5-21(25(23)30)18-28(35)13-16-33(17-14-28)27(34)20-9-11-22(12-10-20)32-37(36)24-8-2-4-19-6-3-15-31-26(19)24/h1-12,15,32,35H,13-14,16-18H2. The number of fused-ring (bicyclic) bond motifs is 1. The predicted octanol–water partition coefficient (Wildman–Crippen LogP) is 4.86. The normalized spacial score (nSPS) is 15.9. The van der Waals surface area contributed by atoms with E-state index >= 15 is 0 Å². The molecule has 1 aromatic heterocycles. The van der Waals surface area contributed by atoms with Gasteiger partial charge in [0.25, 0.3) is 5.91 Å². The fraction of sp³-hybridized carbons (Fsp3) is 0.214. The smallest absolute Gasteiger partial charge is 0.253 e. The van der Waals surface area contributed by atoms with E-state index in [9.17, 15) is 22.9 Å². The van der Waals surface area contributed by atoms with Gasteiger partial charge in [0.15, 0.2) is 22.6 Å². The largest absolute Gasteiger partial charge is 0.389 e. The summed E-state index contributed by atoms with van der Waals surface area (Å²) in [5.41, 5.74) is 0.632. The summed E-state index contributed by atoms with van der Waals surface area (Å²) in [6.07, 6.45) is 2.16. The molecule has 1 fully saturated rings. The third-order valence-electron chi connectivity index (χ3n) is 6.67. The lowest BCUT2D eigenvalue weighted by atomic mass is 9.85. The molecular weight excluding hydrogens is 496 g/mol. The van der Waals surface area contributed by atoms with Crippen LogP contribution >= 0.6 is 0 Å². The van der Waals surface area contributed by atoms with Gasteiger partial charge in [-0.15, -0.1) is 0 Å². The highest BCUT2D eigenvalue weighted by Gasteiger charge is 2.35. The van der Waals surface area contributed by atoms with Crippen molar-refractivity contribution < 1.29 is 22.9 Å². The van der Waals surface area contributed by atoms with Gasteiger partial charge in [0, 0.05) is 42.3 Å². The first-order valence-electron chi connectivity index (χ1n) is 11.9. The van der Waals surface area contributed by atoms with Crippen LogP contribution in [0.5, 0.6) is 0 Å². The van der Waals surface area contributed by atoms with Crippen LogP contribution < -0.4 is 4.72 Å². The lowest BCUT2D eigenvalue weighted by Gasteiger charge is -2.38. The Morgan fingerprint density at radius 3 is 2.46 bits per heavy atom. The molecule has 9 heteroatoms. The molecular formula is C28H25F2N3O3S. The number of nitrogens with zero attached hydrogens (tertiary/aromatic N) is 2. The molecule has 2 N–H and O–H groups in total. The summed E-state index contributed by atoms with van der Waals surface area (Å²) < 4.78 is 43.5. The third kappa shape index (κ3) is 5.38. The molecule has 1 saturated heterocycles. The zero-order valence-electron chi connectivity index (χ0n) is 19.9. The number of para-hydroxylation sites is 1. The van der Waals surface area contributed by atoms with E-state index in [0.717, 1.165) is 11.5 Å². The fourth-order valence-corrected chi connectivity index (χ4v) is 5.60. The van der Waals surface area contributed by atoms with Gasteiger partial charge >= 0.3 is 0 Å². The number of likely N-dealkylation sites (tertiary alicyclic amines) is 1. The average molecular weight is 522 g/mol. The Labute approximate surface area is 215 Å². The molecule has 1 amide bonds. The van der Waals surface area contributed by atoms with Gasteiger partial charge in [-0.25, -0.2) is 13.0 Å². The fourth-order valence-electron chi connectivity index (χ4n) is 4.59. The van der Waals surface area contributed by atoms with E-state index in [2.05, 4.69) is 9.71 Å². The Morgan fingerprint density at radius 1 is 1.00 bits per heavy atom. The van der Waals surface area contributed by atoms with Gasteiger partial charge in [0.2, 0.25) is 0 Å². The highest BCUT2D eigenvalue weighted by molar-refractivity contribution is 7.86. The Bertz CT molecular complexity index is 1470. The van der Waals surface area contributed by atoms with Crippen LogP contribution in [0.1, 0.15) is 28.8 Å². The molecule has 0 aliphatic carbocycles. The highest BCUT2D eigenvalue weighted by atomic mass is 32.2. The van der Waals surface area contributed by atoms with E-state index < -0.39 is 28.2 Å². The first kappa shape index (κ1) is 25.0. The summed E-state index contributed by atoms with van der Waals surface area (Å²) in [6, 6.07) is 19.9. The van der Waals surface area contributed by atoms with E-state index in [4.69, 9.17) is 0 Å². The zero-order valence-corrected chi connectivity index (χ0v) is 20.7. The summed E-state index contributed by atoms with van der Waals surface area (Å²) in [4.78, 5) is 19.6. The summed E-state index contributed by atoms with van der Waals surface area (Å²) >= 11 is 0. The van der Waals surface area contributed by atoms with Crippen molar-refractivity contribution in [1.29, 1.82) is 0 Å². The molecule has 2 heterocycles. The van der Waals surface area contributed by atoms with E-state index in [1.54, 1.807) is 41.4 Å². The zero-order chi connectivity index (χ0) is 26.0. The van der Waals surface area contributed by atoms with Crippen molar-refractivity contribution in [3.63, 3.8) is 0 Å². The second-order valence-electron chi connectivity index (χ2n) is 9.19. The van der Waals surface area contributed by atoms with E-state index in [0.29, 0.717) is 34.8 Å². The molecule has 0 saturated carbocycles. The number of anilines is 1. The Kier molecular flexibility index (Phi) is 6.99. The molecule has 4 aromatic rings. The number of benzene rings is 3. The van der Waals surface area contributed by atoms with Gasteiger partial charge in [-0.2, -0.15) is 0 Å². The highest BCUT2D eigenvalue weighted by Crippen LogP contribution is 2.29. The molecule has 0 radical (unpaired) electrons. The number of rotatable bonds is 6. The lowest BCUT2D eigenvalue weighted by Crippen LogP contribution is -2.47. The van der Waals surface area contributed by atoms with Crippen LogP contribution in [0.25, 0.3) is 10.9 Å². The van der Waals surface area contributed by atoms with Crippen molar-refractivity contribution in [2.75, 3.05) is 17.8 Å². The van der Waals surface area contributed by atoms with Crippen LogP contribution in [0.2, 0.25) is 0 Å². The van der Waals surface area contributed by atoms with Crippen LogP contribution in [-0.2, 0) is 17.4 Å². The average Bonchev–Trinajstić information content (AvgIpc) is 2.91. The van der Waals surface area contributed by atoms with Gasteiger partial charge in [0.05, 0.1) is 16.0 Å². The number of hydrogen-bond acceptors (Lipinski definition) is 4. The number of amides is 1. The maximum atomic E-state index is 14.1. The number of pyridine rings is 1. The Morgan fingerprint density at radius 2 is 1.70 bits per heavy atom. The number of halogens is 2. The SMILES string of the molecule is O=C(c1ccc(NS(=O)c2cccc3cccnc23)cc1)N1CCC(O)(Cc2cccc(F)c2F)CC1. The van der Waals surface area contributed by atoms with Crippen molar-refractivity contribution in [2.24, 2.45) is 0 Å². The van der Waals surface area contributed by atoms with Crippen molar-refractivity contribution >= 4 is 33.5 Å². The minimum Gasteiger partial charge on any atom is -0.389 e. The maximum Gasteiger partial charge on any atom is 0.253 e. The van der Waals surface area contributed by atoms with Crippen LogP contribution in [0, 0.1) is 11.6 Å². The summed E-state index contributed by atoms with van der Waals surface area (Å²) in [7, 11) is -1.55. The quantitative estimate of drug-likeness (QED) is 0.380. The predicted molar refractivity (Wildman–Crippen MR) is 138 cm³/mol. The van der Waals surface area contributed by atoms with E-state index in [1.807, 2.05) is 24.3 Å². The van der Waals surface area contributed by atoms with Gasteiger partial charge < -0.3 is 14.7 Å². The molecule has 6 nitrogen and oxygen atoms in total. The van der Waals surface area contributed by atoms with Gasteiger partial charge in [0.1, 0.15) is 0 Å². The van der Waals surface area contributed by atoms with E-state index in [1.165, 1.54) is 12.1 Å². The molecule has 1 unspecified atom stereocenters. The van der Waals surface area contributed by atoms with Crippen molar-refractivity contribution in [3.05, 3.63) is 102 Å². The second kappa shape index (κ2) is 10.4. The van der Waals surface area contributed by atoms with Crippen LogP contribution in [0.3, 0.4) is 0 Å². The first-order chi connectivity index (χ1) is 17.8. The van der Waals surface area contributed by atoms with Crippen molar-refractivity contribution in [2.45, 2.75) is 29.8 Å². The number of carbonyl (C=O) groups is 1. The van der Waals surface area contributed by atoms with Gasteiger partial charge in [-0.1, -0.05) is 30.3 Å². The number of aliphatic hydroxyl groups is 1. The number of hydrogen-bond donors (Lipinski definition) is 2. The van der Waals surface area contributed by atoms with Gasteiger partial charge in [-0.05, 0) is 60.9 Å². The molecule has 190 valence electrons. The molecule has 0 bridgehead atoms. The summed E-state index contributed by atoms with van der Waals surface area (Å²) in [6.45, 7) is 0.592. The Hall–Kier alpha value is -3.69. The van der Waals surface area contributed by atoms with Crippen LogP contribution in [0.4, 0.5) is 14.5 Å². The lowest BCUT2D eigenvalue weighted by molar-refractivity contribution is -0.0168. The monoisotopic (exact) mass is 521 g/mol. The molecule has 5 rings (SSSR count). The molecule has 1 atom stereocenters. The topological polar surface area (TPSA) is 82.5 Å². The Balaban J connectivity index is 1.21. The third-order valence-corrected chi connectivity index (χ3v) is 7.82. The maximum absolute atomic E-state index is 14.1. The molecule has 0 spiro atoms. The summed E-state index contributed by atoms with van der Waals surface area (Å²) in [5.74, 6) is -2.07.